The van der Waals surface area contributed by atoms with Crippen molar-refractivity contribution in [3.63, 3.8) is 0 Å². The van der Waals surface area contributed by atoms with Crippen LogP contribution in [0.15, 0.2) is 72.1 Å². The van der Waals surface area contributed by atoms with Gasteiger partial charge in [0.15, 0.2) is 0 Å². The van der Waals surface area contributed by atoms with Crippen LogP contribution < -0.4 is 15.4 Å². The molecule has 4 aromatic rings. The van der Waals surface area contributed by atoms with Crippen LogP contribution in [0.25, 0.3) is 10.9 Å². The molecule has 2 heterocycles. The zero-order valence-electron chi connectivity index (χ0n) is 21.4. The van der Waals surface area contributed by atoms with Gasteiger partial charge < -0.3 is 20.2 Å². The summed E-state index contributed by atoms with van der Waals surface area (Å²) in [7, 11) is 0. The molecule has 0 amide bonds. The number of nitrogens with one attached hydrogen (secondary N) is 2. The number of fused-ring (bicyclic) bond motifs is 1. The van der Waals surface area contributed by atoms with Crippen LogP contribution in [0.4, 0.5) is 15.9 Å². The summed E-state index contributed by atoms with van der Waals surface area (Å²) in [6.07, 6.45) is 3.26. The number of ether oxygens (including phenoxy) is 1. The second kappa shape index (κ2) is 13.6. The van der Waals surface area contributed by atoms with Crippen molar-refractivity contribution in [1.29, 1.82) is 0 Å². The van der Waals surface area contributed by atoms with Crippen molar-refractivity contribution < 1.29 is 14.0 Å². The molecule has 0 radical (unpaired) electrons. The van der Waals surface area contributed by atoms with Crippen LogP contribution in [0.3, 0.4) is 0 Å². The molecule has 0 atom stereocenters. The first-order valence-electron chi connectivity index (χ1n) is 12.8. The van der Waals surface area contributed by atoms with Crippen molar-refractivity contribution in [1.82, 2.24) is 20.2 Å². The number of rotatable bonds is 11. The molecule has 0 aliphatic carbocycles. The van der Waals surface area contributed by atoms with Crippen molar-refractivity contribution in [3.05, 3.63) is 89.5 Å². The van der Waals surface area contributed by atoms with Crippen molar-refractivity contribution >= 4 is 51.2 Å². The lowest BCUT2D eigenvalue weighted by Gasteiger charge is -2.26. The molecule has 0 saturated carbocycles. The number of hydrogen-bond donors (Lipinski definition) is 2. The third-order valence-electron chi connectivity index (χ3n) is 6.39. The minimum absolute atomic E-state index is 0.269. The largest absolute Gasteiger partial charge is 0.489 e. The third kappa shape index (κ3) is 7.61. The molecule has 0 spiro atoms. The van der Waals surface area contributed by atoms with Gasteiger partial charge in [0.05, 0.1) is 11.7 Å². The SMILES string of the molecule is Fc1cccc(COc2ccc(Nc3ncnc4ccc(/C=N/OCCN5CCNCC5)cc34)cc2CI)c1. The Morgan fingerprint density at radius 3 is 2.82 bits per heavy atom. The summed E-state index contributed by atoms with van der Waals surface area (Å²) in [6, 6.07) is 18.3. The van der Waals surface area contributed by atoms with Gasteiger partial charge in [0.25, 0.3) is 0 Å². The van der Waals surface area contributed by atoms with Gasteiger partial charge in [-0.25, -0.2) is 14.4 Å². The first kappa shape index (κ1) is 27.2. The Hall–Kier alpha value is -3.35. The van der Waals surface area contributed by atoms with E-state index in [0.29, 0.717) is 19.0 Å². The molecular weight excluding hydrogens is 610 g/mol. The summed E-state index contributed by atoms with van der Waals surface area (Å²) in [5, 5.41) is 11.8. The van der Waals surface area contributed by atoms with Gasteiger partial charge >= 0.3 is 0 Å². The van der Waals surface area contributed by atoms with Crippen LogP contribution in [-0.4, -0.2) is 60.4 Å². The normalized spacial score (nSPS) is 14.1. The Morgan fingerprint density at radius 1 is 1.08 bits per heavy atom. The van der Waals surface area contributed by atoms with E-state index in [-0.39, 0.29) is 5.82 Å². The minimum atomic E-state index is -0.269. The Balaban J connectivity index is 1.24. The first-order chi connectivity index (χ1) is 19.2. The highest BCUT2D eigenvalue weighted by molar-refractivity contribution is 14.1. The van der Waals surface area contributed by atoms with Crippen LogP contribution in [-0.2, 0) is 15.9 Å². The molecule has 5 rings (SSSR count). The topological polar surface area (TPSA) is 83.9 Å². The lowest BCUT2D eigenvalue weighted by atomic mass is 10.1. The number of aromatic nitrogens is 2. The van der Waals surface area contributed by atoms with Gasteiger partial charge in [0, 0.05) is 53.8 Å². The number of benzene rings is 3. The molecule has 1 aliphatic rings. The van der Waals surface area contributed by atoms with Crippen LogP contribution in [0.1, 0.15) is 16.7 Å². The predicted octanol–water partition coefficient (Wildman–Crippen LogP) is 5.28. The summed E-state index contributed by atoms with van der Waals surface area (Å²) < 4.78 is 20.2. The summed E-state index contributed by atoms with van der Waals surface area (Å²) >= 11 is 2.31. The maximum atomic E-state index is 13.5. The zero-order valence-corrected chi connectivity index (χ0v) is 23.6. The predicted molar refractivity (Wildman–Crippen MR) is 161 cm³/mol. The molecule has 1 saturated heterocycles. The summed E-state index contributed by atoms with van der Waals surface area (Å²) in [6.45, 7) is 5.84. The molecule has 0 bridgehead atoms. The molecular formula is C29H30FIN6O2. The Kier molecular flexibility index (Phi) is 9.52. The van der Waals surface area contributed by atoms with E-state index in [0.717, 1.165) is 76.2 Å². The van der Waals surface area contributed by atoms with E-state index in [1.165, 1.54) is 12.1 Å². The highest BCUT2D eigenvalue weighted by Crippen LogP contribution is 2.29. The number of oxime groups is 1. The quantitative estimate of drug-likeness (QED) is 0.0759. The van der Waals surface area contributed by atoms with Crippen LogP contribution >= 0.6 is 22.6 Å². The number of nitrogens with zero attached hydrogens (tertiary/aromatic N) is 4. The summed E-state index contributed by atoms with van der Waals surface area (Å²) in [5.74, 6) is 1.19. The molecule has 0 unspecified atom stereocenters. The van der Waals surface area contributed by atoms with Gasteiger partial charge in [0.2, 0.25) is 0 Å². The second-order valence-electron chi connectivity index (χ2n) is 9.16. The number of alkyl halides is 1. The Morgan fingerprint density at radius 2 is 1.97 bits per heavy atom. The smallest absolute Gasteiger partial charge is 0.141 e. The fraction of sp³-hybridized carbons (Fsp3) is 0.276. The molecule has 3 aromatic carbocycles. The van der Waals surface area contributed by atoms with Crippen LogP contribution in [0.2, 0.25) is 0 Å². The maximum Gasteiger partial charge on any atom is 0.141 e. The molecule has 10 heteroatoms. The first-order valence-corrected chi connectivity index (χ1v) is 14.4. The lowest BCUT2D eigenvalue weighted by Crippen LogP contribution is -2.44. The van der Waals surface area contributed by atoms with E-state index in [1.54, 1.807) is 18.6 Å². The average Bonchev–Trinajstić information content (AvgIpc) is 2.97. The maximum absolute atomic E-state index is 13.5. The van der Waals surface area contributed by atoms with E-state index in [4.69, 9.17) is 9.57 Å². The van der Waals surface area contributed by atoms with E-state index in [1.807, 2.05) is 42.5 Å². The highest BCUT2D eigenvalue weighted by Gasteiger charge is 2.10. The number of hydrogen-bond acceptors (Lipinski definition) is 8. The van der Waals surface area contributed by atoms with Crippen molar-refractivity contribution in [2.24, 2.45) is 5.16 Å². The standard InChI is InChI=1S/C29H30FIN6O2/c30-24-3-1-2-22(14-24)19-38-28-7-5-25(16-23(28)17-31)36-29-26-15-21(4-6-27(26)33-20-34-29)18-35-39-13-12-37-10-8-32-9-11-37/h1-7,14-16,18,20,32H,8-13,17,19H2,(H,33,34,36)/b35-18+. The molecule has 1 aromatic heterocycles. The fourth-order valence-electron chi connectivity index (χ4n) is 4.34. The van der Waals surface area contributed by atoms with E-state index < -0.39 is 0 Å². The zero-order chi connectivity index (χ0) is 26.9. The van der Waals surface area contributed by atoms with Gasteiger partial charge in [-0.15, -0.1) is 0 Å². The van der Waals surface area contributed by atoms with Gasteiger partial charge in [0.1, 0.15) is 36.9 Å². The lowest BCUT2D eigenvalue weighted by molar-refractivity contribution is 0.106. The van der Waals surface area contributed by atoms with Gasteiger partial charge in [-0.1, -0.05) is 45.9 Å². The van der Waals surface area contributed by atoms with Crippen LogP contribution in [0, 0.1) is 5.82 Å². The van der Waals surface area contributed by atoms with E-state index >= 15 is 0 Å². The van der Waals surface area contributed by atoms with Crippen LogP contribution in [0.5, 0.6) is 5.75 Å². The minimum Gasteiger partial charge on any atom is -0.489 e. The van der Waals surface area contributed by atoms with Gasteiger partial charge in [-0.2, -0.15) is 0 Å². The van der Waals surface area contributed by atoms with E-state index in [2.05, 4.69) is 53.2 Å². The number of piperazine rings is 1. The molecule has 1 aliphatic heterocycles. The summed E-state index contributed by atoms with van der Waals surface area (Å²) in [5.41, 5.74) is 4.43. The Bertz CT molecular complexity index is 1430. The molecule has 2 N–H and O–H groups in total. The molecule has 8 nitrogen and oxygen atoms in total. The molecule has 39 heavy (non-hydrogen) atoms. The number of halogens is 2. The Labute approximate surface area is 240 Å². The van der Waals surface area contributed by atoms with E-state index in [9.17, 15) is 4.39 Å². The van der Waals surface area contributed by atoms with Crippen molar-refractivity contribution in [2.45, 2.75) is 11.0 Å². The summed E-state index contributed by atoms with van der Waals surface area (Å²) in [4.78, 5) is 16.8. The average molecular weight is 641 g/mol. The van der Waals surface area contributed by atoms with Gasteiger partial charge in [-0.05, 0) is 53.6 Å². The van der Waals surface area contributed by atoms with Crippen molar-refractivity contribution in [3.8, 4) is 5.75 Å². The number of anilines is 2. The third-order valence-corrected chi connectivity index (χ3v) is 7.22. The van der Waals surface area contributed by atoms with Gasteiger partial charge in [-0.3, -0.25) is 4.90 Å². The monoisotopic (exact) mass is 640 g/mol. The highest BCUT2D eigenvalue weighted by atomic mass is 127. The molecule has 202 valence electrons. The van der Waals surface area contributed by atoms with Crippen molar-refractivity contribution in [2.75, 3.05) is 44.6 Å². The fourth-order valence-corrected chi connectivity index (χ4v) is 4.93. The second-order valence-corrected chi connectivity index (χ2v) is 9.92. The molecule has 1 fully saturated rings.